The minimum Gasteiger partial charge on any atom is -0.373 e. The van der Waals surface area contributed by atoms with Crippen LogP contribution in [0.3, 0.4) is 0 Å². The van der Waals surface area contributed by atoms with E-state index in [1.54, 1.807) is 0 Å². The van der Waals surface area contributed by atoms with Crippen molar-refractivity contribution in [2.24, 2.45) is 0 Å². The van der Waals surface area contributed by atoms with Crippen molar-refractivity contribution < 1.29 is 13.2 Å². The molecule has 0 unspecified atom stereocenters. The largest absolute Gasteiger partial charge is 0.373 e. The highest BCUT2D eigenvalue weighted by atomic mass is 32.2. The van der Waals surface area contributed by atoms with Crippen molar-refractivity contribution in [2.45, 2.75) is 17.6 Å². The highest BCUT2D eigenvalue weighted by molar-refractivity contribution is 7.92. The van der Waals surface area contributed by atoms with E-state index in [-0.39, 0.29) is 5.91 Å². The molecule has 1 aromatic carbocycles. The number of hydrogen-bond donors (Lipinski definition) is 2. The van der Waals surface area contributed by atoms with Gasteiger partial charge in [0.05, 0.1) is 0 Å². The quantitative estimate of drug-likeness (QED) is 0.785. The maximum atomic E-state index is 12.5. The molecule has 0 aromatic heterocycles. The predicted octanol–water partition coefficient (Wildman–Crippen LogP) is 0.406. The van der Waals surface area contributed by atoms with Crippen LogP contribution >= 0.6 is 0 Å². The molecule has 0 radical (unpaired) electrons. The fourth-order valence-electron chi connectivity index (χ4n) is 2.91. The molecule has 2 rings (SSSR count). The van der Waals surface area contributed by atoms with E-state index >= 15 is 0 Å². The van der Waals surface area contributed by atoms with Gasteiger partial charge in [-0.1, -0.05) is 18.2 Å². The second-order valence-corrected chi connectivity index (χ2v) is 8.36. The van der Waals surface area contributed by atoms with Gasteiger partial charge in [-0.25, -0.2) is 8.42 Å². The van der Waals surface area contributed by atoms with Crippen LogP contribution in [0, 0.1) is 0 Å². The molecule has 1 aliphatic rings. The summed E-state index contributed by atoms with van der Waals surface area (Å²) < 4.78 is 23.1. The maximum absolute atomic E-state index is 12.5. The molecular weight excluding hydrogens is 314 g/mol. The van der Waals surface area contributed by atoms with Gasteiger partial charge in [0.15, 0.2) is 14.6 Å². The molecule has 0 aliphatic carbocycles. The Morgan fingerprint density at radius 2 is 1.87 bits per heavy atom. The second-order valence-electron chi connectivity index (χ2n) is 6.03. The van der Waals surface area contributed by atoms with Crippen LogP contribution in [0.15, 0.2) is 30.3 Å². The Labute approximate surface area is 138 Å². The molecule has 0 saturated carbocycles. The lowest BCUT2D eigenvalue weighted by atomic mass is 9.96. The number of benzene rings is 1. The number of anilines is 1. The fourth-order valence-corrected chi connectivity index (χ4v) is 4.26. The minimum atomic E-state index is -3.46. The molecule has 1 amide bonds. The molecule has 23 heavy (non-hydrogen) atoms. The predicted molar refractivity (Wildman–Crippen MR) is 92.4 cm³/mol. The molecule has 7 heteroatoms. The lowest BCUT2D eigenvalue weighted by Crippen LogP contribution is -2.57. The summed E-state index contributed by atoms with van der Waals surface area (Å²) in [5.74, 6) is -0.372. The van der Waals surface area contributed by atoms with Crippen molar-refractivity contribution in [1.29, 1.82) is 0 Å². The highest BCUT2D eigenvalue weighted by Gasteiger charge is 2.48. The average Bonchev–Trinajstić information content (AvgIpc) is 2.55. The summed E-state index contributed by atoms with van der Waals surface area (Å²) in [5, 5.41) is 5.92. The van der Waals surface area contributed by atoms with E-state index in [4.69, 9.17) is 0 Å². The molecule has 1 heterocycles. The van der Waals surface area contributed by atoms with E-state index in [1.807, 2.05) is 42.3 Å². The molecule has 1 aliphatic heterocycles. The fraction of sp³-hybridized carbons (Fsp3) is 0.562. The van der Waals surface area contributed by atoms with Crippen LogP contribution in [-0.4, -0.2) is 58.6 Å². The number of carbonyl (C=O) groups is 1. The average molecular weight is 339 g/mol. The minimum absolute atomic E-state index is 0.326. The van der Waals surface area contributed by atoms with E-state index in [9.17, 15) is 13.2 Å². The van der Waals surface area contributed by atoms with E-state index < -0.39 is 14.6 Å². The van der Waals surface area contributed by atoms with Crippen LogP contribution in [0.5, 0.6) is 0 Å². The van der Waals surface area contributed by atoms with Gasteiger partial charge in [-0.05, 0) is 38.1 Å². The third-order valence-electron chi connectivity index (χ3n) is 4.46. The highest BCUT2D eigenvalue weighted by Crippen LogP contribution is 2.27. The van der Waals surface area contributed by atoms with Gasteiger partial charge in [-0.3, -0.25) is 4.79 Å². The van der Waals surface area contributed by atoms with Crippen molar-refractivity contribution in [3.05, 3.63) is 30.3 Å². The van der Waals surface area contributed by atoms with E-state index in [0.29, 0.717) is 39.0 Å². The van der Waals surface area contributed by atoms with Crippen LogP contribution in [0.25, 0.3) is 0 Å². The van der Waals surface area contributed by atoms with Crippen molar-refractivity contribution in [3.8, 4) is 0 Å². The number of nitrogens with zero attached hydrogens (tertiary/aromatic N) is 1. The molecule has 2 N–H and O–H groups in total. The van der Waals surface area contributed by atoms with Gasteiger partial charge >= 0.3 is 0 Å². The van der Waals surface area contributed by atoms with Crippen molar-refractivity contribution in [1.82, 2.24) is 10.6 Å². The van der Waals surface area contributed by atoms with Gasteiger partial charge in [-0.15, -0.1) is 0 Å². The number of sulfone groups is 1. The Hall–Kier alpha value is -1.60. The smallest absolute Gasteiger partial charge is 0.241 e. The lowest BCUT2D eigenvalue weighted by molar-refractivity contribution is -0.124. The first-order valence-electron chi connectivity index (χ1n) is 7.82. The molecule has 1 fully saturated rings. The molecule has 128 valence electrons. The zero-order chi connectivity index (χ0) is 16.9. The van der Waals surface area contributed by atoms with Crippen molar-refractivity contribution in [2.75, 3.05) is 44.4 Å². The van der Waals surface area contributed by atoms with E-state index in [0.717, 1.165) is 11.9 Å². The van der Waals surface area contributed by atoms with Gasteiger partial charge in [-0.2, -0.15) is 0 Å². The Morgan fingerprint density at radius 1 is 1.26 bits per heavy atom. The summed E-state index contributed by atoms with van der Waals surface area (Å²) in [5.41, 5.74) is 1.06. The van der Waals surface area contributed by atoms with Gasteiger partial charge in [0, 0.05) is 32.1 Å². The number of nitrogens with one attached hydrogen (secondary N) is 2. The Bertz CT molecular complexity index is 625. The number of rotatable bonds is 6. The lowest BCUT2D eigenvalue weighted by Gasteiger charge is -2.34. The first-order valence-corrected chi connectivity index (χ1v) is 9.71. The van der Waals surface area contributed by atoms with Crippen LogP contribution in [0.1, 0.15) is 12.8 Å². The number of hydrogen-bond acceptors (Lipinski definition) is 5. The standard InChI is InChI=1S/C16H25N3O3S/c1-19(14-6-4-3-5-7-14)13-12-18-15(20)16(23(2,21)22)8-10-17-11-9-16/h3-7,17H,8-13H2,1-2H3,(H,18,20). The topological polar surface area (TPSA) is 78.5 Å². The molecule has 0 atom stereocenters. The number of para-hydroxylation sites is 1. The van der Waals surface area contributed by atoms with Gasteiger partial charge < -0.3 is 15.5 Å². The Kier molecular flexibility index (Phi) is 5.64. The summed E-state index contributed by atoms with van der Waals surface area (Å²) in [6.45, 7) is 2.12. The summed E-state index contributed by atoms with van der Waals surface area (Å²) >= 11 is 0. The molecule has 1 aromatic rings. The van der Waals surface area contributed by atoms with Crippen LogP contribution in [-0.2, 0) is 14.6 Å². The summed E-state index contributed by atoms with van der Waals surface area (Å²) in [6.07, 6.45) is 1.81. The second kappa shape index (κ2) is 7.31. The van der Waals surface area contributed by atoms with Gasteiger partial charge in [0.2, 0.25) is 5.91 Å². The zero-order valence-electron chi connectivity index (χ0n) is 13.7. The van der Waals surface area contributed by atoms with Crippen LogP contribution in [0.2, 0.25) is 0 Å². The van der Waals surface area contributed by atoms with Crippen molar-refractivity contribution >= 4 is 21.4 Å². The molecule has 0 spiro atoms. The molecular formula is C16H25N3O3S. The van der Waals surface area contributed by atoms with Gasteiger partial charge in [0.1, 0.15) is 0 Å². The van der Waals surface area contributed by atoms with Crippen LogP contribution < -0.4 is 15.5 Å². The molecule has 1 saturated heterocycles. The monoisotopic (exact) mass is 339 g/mol. The number of likely N-dealkylation sites (N-methyl/N-ethyl adjacent to an activating group) is 1. The summed E-state index contributed by atoms with van der Waals surface area (Å²) in [6, 6.07) is 9.85. The molecule has 6 nitrogen and oxygen atoms in total. The van der Waals surface area contributed by atoms with Gasteiger partial charge in [0.25, 0.3) is 0 Å². The third-order valence-corrected chi connectivity index (χ3v) is 6.48. The summed E-state index contributed by atoms with van der Waals surface area (Å²) in [4.78, 5) is 14.6. The van der Waals surface area contributed by atoms with Crippen molar-refractivity contribution in [3.63, 3.8) is 0 Å². The van der Waals surface area contributed by atoms with Crippen LogP contribution in [0.4, 0.5) is 5.69 Å². The third kappa shape index (κ3) is 4.03. The first-order chi connectivity index (χ1) is 10.9. The number of carbonyl (C=O) groups excluding carboxylic acids is 1. The number of amides is 1. The summed E-state index contributed by atoms with van der Waals surface area (Å²) in [7, 11) is -1.51. The number of piperidine rings is 1. The first kappa shape index (κ1) is 17.7. The van der Waals surface area contributed by atoms with E-state index in [2.05, 4.69) is 10.6 Å². The van der Waals surface area contributed by atoms with E-state index in [1.165, 1.54) is 0 Å². The Morgan fingerprint density at radius 3 is 2.43 bits per heavy atom. The SMILES string of the molecule is CN(CCNC(=O)C1(S(C)(=O)=O)CCNCC1)c1ccccc1. The normalized spacial score (nSPS) is 17.5. The zero-order valence-corrected chi connectivity index (χ0v) is 14.5. The Balaban J connectivity index is 1.95. The maximum Gasteiger partial charge on any atom is 0.241 e. The molecule has 0 bridgehead atoms.